The first-order valence-electron chi connectivity index (χ1n) is 9.83. The van der Waals surface area contributed by atoms with E-state index in [4.69, 9.17) is 9.47 Å². The molecule has 146 valence electrons. The summed E-state index contributed by atoms with van der Waals surface area (Å²) in [5, 5.41) is 0. The van der Waals surface area contributed by atoms with Crippen LogP contribution in [0.3, 0.4) is 0 Å². The normalized spacial score (nSPS) is 12.7. The minimum absolute atomic E-state index is 0.165. The molecule has 0 aliphatic rings. The summed E-state index contributed by atoms with van der Waals surface area (Å²) in [5.74, 6) is -0.693. The van der Waals surface area contributed by atoms with Gasteiger partial charge in [0.05, 0.1) is 6.61 Å². The van der Waals surface area contributed by atoms with Crippen molar-refractivity contribution in [3.8, 4) is 0 Å². The minimum atomic E-state index is -1.21. The molecule has 0 radical (unpaired) electrons. The average molecular weight is 363 g/mol. The molecule has 0 spiro atoms. The van der Waals surface area contributed by atoms with E-state index in [0.717, 1.165) is 18.4 Å². The molecule has 0 fully saturated rings. The second-order valence-electron chi connectivity index (χ2n) is 7.14. The standard InChI is InChI=1S/C22H34O4/c1-6-12-19(17(4)5)26-21(24)22(7-2,8-3)20(23)25-16-15-18-13-10-9-11-14-18/h9-11,13-14,17,19H,6-8,12,15-16H2,1-5H3. The van der Waals surface area contributed by atoms with Crippen molar-refractivity contribution in [2.45, 2.75) is 72.8 Å². The van der Waals surface area contributed by atoms with Crippen LogP contribution in [-0.4, -0.2) is 24.6 Å². The first-order chi connectivity index (χ1) is 12.4. The Bertz CT molecular complexity index is 547. The molecule has 0 aromatic heterocycles. The van der Waals surface area contributed by atoms with Gasteiger partial charge < -0.3 is 9.47 Å². The summed E-state index contributed by atoms with van der Waals surface area (Å²) in [6, 6.07) is 9.85. The zero-order chi connectivity index (χ0) is 19.6. The highest BCUT2D eigenvalue weighted by Crippen LogP contribution is 2.32. The summed E-state index contributed by atoms with van der Waals surface area (Å²) >= 11 is 0. The molecule has 0 bridgehead atoms. The van der Waals surface area contributed by atoms with E-state index < -0.39 is 17.4 Å². The summed E-state index contributed by atoms with van der Waals surface area (Å²) in [6.45, 7) is 10.1. The maximum Gasteiger partial charge on any atom is 0.323 e. The van der Waals surface area contributed by atoms with E-state index >= 15 is 0 Å². The highest BCUT2D eigenvalue weighted by atomic mass is 16.6. The maximum atomic E-state index is 12.9. The third-order valence-electron chi connectivity index (χ3n) is 5.03. The lowest BCUT2D eigenvalue weighted by molar-refractivity contribution is -0.178. The molecule has 0 heterocycles. The molecule has 1 aromatic carbocycles. The fourth-order valence-corrected chi connectivity index (χ4v) is 3.02. The van der Waals surface area contributed by atoms with E-state index in [1.807, 2.05) is 58.0 Å². The fraction of sp³-hybridized carbons (Fsp3) is 0.636. The van der Waals surface area contributed by atoms with Crippen LogP contribution in [0, 0.1) is 11.3 Å². The van der Waals surface area contributed by atoms with Gasteiger partial charge in [-0.25, -0.2) is 0 Å². The Morgan fingerprint density at radius 2 is 1.62 bits per heavy atom. The van der Waals surface area contributed by atoms with Crippen LogP contribution in [0.5, 0.6) is 0 Å². The quantitative estimate of drug-likeness (QED) is 0.413. The first kappa shape index (κ1) is 22.2. The van der Waals surface area contributed by atoms with Gasteiger partial charge in [-0.2, -0.15) is 0 Å². The summed E-state index contributed by atoms with van der Waals surface area (Å²) < 4.78 is 11.2. The Balaban J connectivity index is 2.76. The van der Waals surface area contributed by atoms with Crippen LogP contribution in [-0.2, 0) is 25.5 Å². The molecular formula is C22H34O4. The van der Waals surface area contributed by atoms with Crippen LogP contribution >= 0.6 is 0 Å². The number of hydrogen-bond acceptors (Lipinski definition) is 4. The molecule has 1 rings (SSSR count). The zero-order valence-electron chi connectivity index (χ0n) is 16.9. The van der Waals surface area contributed by atoms with E-state index in [9.17, 15) is 9.59 Å². The van der Waals surface area contributed by atoms with Gasteiger partial charge >= 0.3 is 11.9 Å². The van der Waals surface area contributed by atoms with E-state index in [-0.39, 0.29) is 18.6 Å². The van der Waals surface area contributed by atoms with E-state index in [1.165, 1.54) is 0 Å². The number of esters is 2. The second kappa shape index (κ2) is 11.0. The van der Waals surface area contributed by atoms with Gasteiger partial charge in [-0.3, -0.25) is 9.59 Å². The molecule has 0 saturated carbocycles. The summed E-state index contributed by atoms with van der Waals surface area (Å²) in [4.78, 5) is 25.6. The molecule has 0 saturated heterocycles. The largest absolute Gasteiger partial charge is 0.464 e. The van der Waals surface area contributed by atoms with E-state index in [2.05, 4.69) is 6.92 Å². The van der Waals surface area contributed by atoms with Gasteiger partial charge in [-0.15, -0.1) is 0 Å². The van der Waals surface area contributed by atoms with Crippen LogP contribution < -0.4 is 0 Å². The van der Waals surface area contributed by atoms with Crippen LogP contribution in [0.2, 0.25) is 0 Å². The highest BCUT2D eigenvalue weighted by molar-refractivity contribution is 6.00. The molecule has 4 nitrogen and oxygen atoms in total. The number of benzene rings is 1. The monoisotopic (exact) mass is 362 g/mol. The lowest BCUT2D eigenvalue weighted by Crippen LogP contribution is -2.43. The van der Waals surface area contributed by atoms with Crippen molar-refractivity contribution >= 4 is 11.9 Å². The molecule has 26 heavy (non-hydrogen) atoms. The summed E-state index contributed by atoms with van der Waals surface area (Å²) in [7, 11) is 0. The molecule has 1 atom stereocenters. The van der Waals surface area contributed by atoms with Crippen molar-refractivity contribution in [1.82, 2.24) is 0 Å². The van der Waals surface area contributed by atoms with Gasteiger partial charge in [0, 0.05) is 6.42 Å². The Labute approximate surface area is 158 Å². The van der Waals surface area contributed by atoms with Crippen molar-refractivity contribution in [3.63, 3.8) is 0 Å². The SMILES string of the molecule is CCCC(OC(=O)C(CC)(CC)C(=O)OCCc1ccccc1)C(C)C. The van der Waals surface area contributed by atoms with Crippen molar-refractivity contribution in [3.05, 3.63) is 35.9 Å². The summed E-state index contributed by atoms with van der Waals surface area (Å²) in [5.41, 5.74) is -0.110. The predicted molar refractivity (Wildman–Crippen MR) is 104 cm³/mol. The van der Waals surface area contributed by atoms with Gasteiger partial charge in [0.15, 0.2) is 5.41 Å². The average Bonchev–Trinajstić information content (AvgIpc) is 2.63. The Morgan fingerprint density at radius 1 is 1.00 bits per heavy atom. The summed E-state index contributed by atoms with van der Waals surface area (Å²) in [6.07, 6.45) is 2.96. The smallest absolute Gasteiger partial charge is 0.323 e. The lowest BCUT2D eigenvalue weighted by Gasteiger charge is -2.30. The van der Waals surface area contributed by atoms with Gasteiger partial charge in [-0.1, -0.05) is 71.4 Å². The number of carbonyl (C=O) groups excluding carboxylic acids is 2. The molecular weight excluding hydrogens is 328 g/mol. The number of rotatable bonds is 11. The second-order valence-corrected chi connectivity index (χ2v) is 7.14. The third kappa shape index (κ3) is 5.86. The molecule has 0 amide bonds. The number of carbonyl (C=O) groups is 2. The predicted octanol–water partition coefficient (Wildman–Crippen LogP) is 4.95. The van der Waals surface area contributed by atoms with Gasteiger partial charge in [0.1, 0.15) is 6.10 Å². The molecule has 0 N–H and O–H groups in total. The first-order valence-corrected chi connectivity index (χ1v) is 9.83. The lowest BCUT2D eigenvalue weighted by atomic mass is 9.82. The Morgan fingerprint density at radius 3 is 2.12 bits per heavy atom. The van der Waals surface area contributed by atoms with Crippen LogP contribution in [0.1, 0.15) is 65.9 Å². The van der Waals surface area contributed by atoms with Crippen molar-refractivity contribution < 1.29 is 19.1 Å². The molecule has 0 aliphatic heterocycles. The zero-order valence-corrected chi connectivity index (χ0v) is 16.9. The van der Waals surface area contributed by atoms with Crippen LogP contribution in [0.25, 0.3) is 0 Å². The Hall–Kier alpha value is -1.84. The molecule has 1 unspecified atom stereocenters. The molecule has 1 aromatic rings. The molecule has 0 aliphatic carbocycles. The van der Waals surface area contributed by atoms with Crippen LogP contribution in [0.4, 0.5) is 0 Å². The van der Waals surface area contributed by atoms with Gasteiger partial charge in [0.25, 0.3) is 0 Å². The van der Waals surface area contributed by atoms with Crippen LogP contribution in [0.15, 0.2) is 30.3 Å². The third-order valence-corrected chi connectivity index (χ3v) is 5.03. The highest BCUT2D eigenvalue weighted by Gasteiger charge is 2.46. The van der Waals surface area contributed by atoms with Gasteiger partial charge in [-0.05, 0) is 30.7 Å². The number of ether oxygens (including phenoxy) is 2. The fourth-order valence-electron chi connectivity index (χ4n) is 3.02. The topological polar surface area (TPSA) is 52.6 Å². The minimum Gasteiger partial charge on any atom is -0.464 e. The maximum absolute atomic E-state index is 12.9. The van der Waals surface area contributed by atoms with Crippen molar-refractivity contribution in [2.24, 2.45) is 11.3 Å². The molecule has 4 heteroatoms. The number of hydrogen-bond donors (Lipinski definition) is 0. The van der Waals surface area contributed by atoms with E-state index in [1.54, 1.807) is 0 Å². The van der Waals surface area contributed by atoms with Gasteiger partial charge in [0.2, 0.25) is 0 Å². The van der Waals surface area contributed by atoms with E-state index in [0.29, 0.717) is 19.3 Å². The Kier molecular flexibility index (Phi) is 9.39. The van der Waals surface area contributed by atoms with Crippen molar-refractivity contribution in [2.75, 3.05) is 6.61 Å². The van der Waals surface area contributed by atoms with Crippen molar-refractivity contribution in [1.29, 1.82) is 0 Å².